The second-order valence-electron chi connectivity index (χ2n) is 43.7. The van der Waals surface area contributed by atoms with Gasteiger partial charge in [0.1, 0.15) is 13.2 Å². The molecule has 6 saturated carbocycles. The van der Waals surface area contributed by atoms with E-state index < -0.39 is 31.7 Å². The summed E-state index contributed by atoms with van der Waals surface area (Å²) in [5, 5.41) is 11.5. The lowest BCUT2D eigenvalue weighted by Gasteiger charge is -2.71. The highest BCUT2D eigenvalue weighted by molar-refractivity contribution is 7.89. The number of hydrogen-bond donors (Lipinski definition) is 2. The molecule has 18 heteroatoms. The zero-order valence-corrected chi connectivity index (χ0v) is 79.1. The van der Waals surface area contributed by atoms with Crippen LogP contribution in [0, 0.1) is 139 Å². The number of carbonyl (C=O) groups excluding carboxylic acids is 2. The maximum Gasteiger partial charge on any atom is 0.310 e. The van der Waals surface area contributed by atoms with Crippen LogP contribution in [0.15, 0.2) is 142 Å². The van der Waals surface area contributed by atoms with Crippen molar-refractivity contribution in [2.75, 3.05) is 53.8 Å². The van der Waals surface area contributed by atoms with Gasteiger partial charge in [-0.1, -0.05) is 244 Å². The molecule has 8 aliphatic carbocycles. The van der Waals surface area contributed by atoms with E-state index in [1.54, 1.807) is 48.4 Å². The molecule has 11 aliphatic rings. The molecule has 120 heavy (non-hydrogen) atoms. The van der Waals surface area contributed by atoms with Gasteiger partial charge in [0.15, 0.2) is 0 Å². The molecule has 9 fully saturated rings. The van der Waals surface area contributed by atoms with E-state index in [1.165, 1.54) is 5.57 Å². The lowest BCUT2D eigenvalue weighted by atomic mass is 9.34. The Bertz CT molecular complexity index is 4630. The number of benzene rings is 4. The first-order valence-electron chi connectivity index (χ1n) is 45.7. The number of rotatable bonds is 22. The zero-order valence-electron chi connectivity index (χ0n) is 77.4. The Morgan fingerprint density at radius 3 is 1.37 bits per heavy atom. The van der Waals surface area contributed by atoms with Crippen LogP contribution in [-0.2, 0) is 76.0 Å². The topological polar surface area (TPSA) is 202 Å². The molecule has 0 spiro atoms. The highest BCUT2D eigenvalue weighted by atomic mass is 32.2. The van der Waals surface area contributed by atoms with E-state index in [-0.39, 0.29) is 126 Å². The normalized spacial score (nSPS) is 39.5. The minimum Gasteiger partial charge on any atom is -0.461 e. The van der Waals surface area contributed by atoms with Gasteiger partial charge in [-0.15, -0.1) is 0 Å². The van der Waals surface area contributed by atoms with Gasteiger partial charge >= 0.3 is 11.9 Å². The van der Waals surface area contributed by atoms with Crippen LogP contribution in [0.3, 0.4) is 0 Å². The quantitative estimate of drug-likeness (QED) is 0.0427. The highest BCUT2D eigenvalue weighted by Crippen LogP contribution is 2.78. The molecule has 15 rings (SSSR count). The minimum absolute atomic E-state index is 0.0233. The lowest BCUT2D eigenvalue weighted by molar-refractivity contribution is -0.270. The summed E-state index contributed by atoms with van der Waals surface area (Å²) in [6.07, 6.45) is 15.6. The fraction of sp³-hybridized carbons (Fsp3) is 0.706. The molecule has 4 bridgehead atoms. The summed E-state index contributed by atoms with van der Waals surface area (Å²) in [4.78, 5) is 30.0. The highest BCUT2D eigenvalue weighted by Gasteiger charge is 2.75. The zero-order chi connectivity index (χ0) is 87.5. The number of methoxy groups -OCH3 is 2. The summed E-state index contributed by atoms with van der Waals surface area (Å²) < 4.78 is 102. The Balaban J connectivity index is 0.000000179. The molecular weight excluding hydrogens is 1540 g/mol. The summed E-state index contributed by atoms with van der Waals surface area (Å²) in [6.45, 7) is 53.1. The number of esters is 2. The number of allylic oxidation sites excluding steroid dienone is 2. The number of ether oxygens (including phenoxy) is 7. The van der Waals surface area contributed by atoms with Crippen LogP contribution in [0.25, 0.3) is 0 Å². The number of carbonyl (C=O) groups is 2. The predicted octanol–water partition coefficient (Wildman–Crippen LogP) is 20.4. The average Bonchev–Trinajstić information content (AvgIpc) is 1.00. The van der Waals surface area contributed by atoms with Crippen molar-refractivity contribution in [2.45, 2.75) is 288 Å². The molecule has 25 atom stereocenters. The van der Waals surface area contributed by atoms with Gasteiger partial charge < -0.3 is 38.3 Å². The van der Waals surface area contributed by atoms with Crippen molar-refractivity contribution >= 4 is 32.0 Å². The van der Waals surface area contributed by atoms with Gasteiger partial charge in [-0.3, -0.25) is 9.59 Å². The molecule has 4 aromatic carbocycles. The maximum absolute atomic E-state index is 14.8. The van der Waals surface area contributed by atoms with E-state index in [1.807, 2.05) is 126 Å². The van der Waals surface area contributed by atoms with Gasteiger partial charge in [0.05, 0.1) is 84.6 Å². The van der Waals surface area contributed by atoms with E-state index >= 15 is 0 Å². The Kier molecular flexibility index (Phi) is 25.9. The molecule has 3 heterocycles. The van der Waals surface area contributed by atoms with Crippen molar-refractivity contribution in [3.63, 3.8) is 0 Å². The SMILES string of the molecule is CO[C@@H]1C[C@@]23COC[C@@](C)([C@@H]2CC[C@H]2C3=CC[C@@]3(C)[C@H](C(=O)OCc4ccccc4)[C@@](C)([C@H](C)C(C)C)CC[C@]23C)[C@H]1O.CO[C@@H]1C[C@@]23COC[C@@](C)([C@@H]2CC[C@H]2C3=CC[C@@]3(C)[C@H](C(=O)OCc4ccccc4)[C@@](C)([C@H](C)C(C)C)CC[C@]23C)[C@H]1OC[C@@](C)(NS(=O)(=O)c1ccc(C)cc1)C(C)C.Cc1ccc(S(=O)(=O)N2C[C@]2(C)C(C)C)cc1. The second-order valence-corrected chi connectivity index (χ2v) is 47.2. The number of aliphatic hydroxyl groups excluding tert-OH is 1. The lowest BCUT2D eigenvalue weighted by Crippen LogP contribution is -2.70. The van der Waals surface area contributed by atoms with Gasteiger partial charge in [-0.25, -0.2) is 21.6 Å². The number of hydrogen-bond acceptors (Lipinski definition) is 14. The smallest absolute Gasteiger partial charge is 0.310 e. The molecule has 3 aliphatic heterocycles. The molecule has 0 aromatic heterocycles. The molecule has 1 unspecified atom stereocenters. The first-order valence-corrected chi connectivity index (χ1v) is 48.6. The Hall–Kier alpha value is -5.12. The minimum atomic E-state index is -3.80. The Morgan fingerprint density at radius 2 is 0.958 bits per heavy atom. The van der Waals surface area contributed by atoms with Crippen molar-refractivity contribution in [1.29, 1.82) is 0 Å². The van der Waals surface area contributed by atoms with Gasteiger partial charge in [0, 0.05) is 48.0 Å². The summed E-state index contributed by atoms with van der Waals surface area (Å²) >= 11 is 0. The van der Waals surface area contributed by atoms with Crippen LogP contribution in [0.4, 0.5) is 0 Å². The standard InChI is InChI=1S/C51H75NO7S.C38H56O5.C13H19NO2S/c1-33(2)36(6)46(7)26-27-48(9)39-22-23-42-47(8)30-57-32-51(42,40(39)24-25-49(48,10)43(46)45(53)58-29-37-16-14-13-15-17-37)28-41(56-12)44(47)59-31-50(11,34(3)4)52-60(54,55)38-20-18-35(5)19-21-38;1-24(2)25(3)34(4)18-19-36(6)27-14-15-30-35(5)22-42-23-38(30,20-29(41-8)32(35)39)28(27)16-17-37(36,7)31(34)33(40)43-21-26-12-10-9-11-13-26;1-10(2)13(4)9-14(13)17(15,16)12-7-5-11(3)6-8-12/h13-21,24,33-34,36,39,41-44,52H,22-23,25-32H2,1-12H3;9-13,16,24-25,27,29-32,39H,14-15,17-23H2,1-8H3;5-8,10H,9H2,1-4H3/t36-,39+,41-,42+,43-,44+,46-,47+,48-,49+,50-,51+;25-,27+,29-,30+,31-,32+,34-,35+,36-,37+,38+;13-,14?/m111/s1. The largest absolute Gasteiger partial charge is 0.461 e. The van der Waals surface area contributed by atoms with Crippen molar-refractivity contribution in [1.82, 2.24) is 9.03 Å². The summed E-state index contributed by atoms with van der Waals surface area (Å²) in [5.74, 6) is 2.78. The van der Waals surface area contributed by atoms with E-state index in [9.17, 15) is 31.5 Å². The fourth-order valence-corrected chi connectivity index (χ4v) is 30.5. The third-order valence-electron chi connectivity index (χ3n) is 36.5. The van der Waals surface area contributed by atoms with Crippen molar-refractivity contribution in [3.05, 3.63) is 155 Å². The molecule has 0 radical (unpaired) electrons. The van der Waals surface area contributed by atoms with Crippen molar-refractivity contribution in [2.24, 2.45) is 125 Å². The van der Waals surface area contributed by atoms with Crippen molar-refractivity contribution in [3.8, 4) is 0 Å². The molecule has 4 aromatic rings. The van der Waals surface area contributed by atoms with Crippen LogP contribution in [-0.4, -0.2) is 127 Å². The van der Waals surface area contributed by atoms with Gasteiger partial charge in [-0.05, 0) is 232 Å². The van der Waals surface area contributed by atoms with E-state index in [2.05, 4.69) is 128 Å². The number of aryl methyl sites for hydroxylation is 2. The van der Waals surface area contributed by atoms with Crippen molar-refractivity contribution < 1.29 is 64.7 Å². The Morgan fingerprint density at radius 1 is 0.542 bits per heavy atom. The molecular formula is C102H150N2O14S2. The van der Waals surface area contributed by atoms with Gasteiger partial charge in [0.25, 0.3) is 0 Å². The molecule has 664 valence electrons. The summed E-state index contributed by atoms with van der Waals surface area (Å²) in [6, 6.07) is 34.2. The molecule has 3 saturated heterocycles. The van der Waals surface area contributed by atoms with Crippen LogP contribution in [0.5, 0.6) is 0 Å². The van der Waals surface area contributed by atoms with Crippen LogP contribution in [0.1, 0.15) is 238 Å². The Labute approximate surface area is 722 Å². The molecule has 2 N–H and O–H groups in total. The summed E-state index contributed by atoms with van der Waals surface area (Å²) in [7, 11) is -3.55. The monoisotopic (exact) mass is 1690 g/mol. The summed E-state index contributed by atoms with van der Waals surface area (Å²) in [5.41, 5.74) is 4.03. The van der Waals surface area contributed by atoms with E-state index in [4.69, 9.17) is 33.2 Å². The number of sulfonamides is 2. The number of fused-ring (bicyclic) bond motifs is 6. The van der Waals surface area contributed by atoms with Crippen LogP contribution >= 0.6 is 0 Å². The molecule has 0 amide bonds. The maximum atomic E-state index is 14.8. The fourth-order valence-electron chi connectivity index (χ4n) is 27.0. The van der Waals surface area contributed by atoms with Gasteiger partial charge in [-0.2, -0.15) is 4.31 Å². The van der Waals surface area contributed by atoms with Gasteiger partial charge in [0.2, 0.25) is 20.0 Å². The number of aliphatic hydroxyl groups is 1. The second kappa shape index (κ2) is 33.6. The first kappa shape index (κ1) is 92.5. The average molecular weight is 1690 g/mol. The van der Waals surface area contributed by atoms with E-state index in [0.717, 1.165) is 99.3 Å². The number of nitrogens with zero attached hydrogens (tertiary/aromatic N) is 1. The predicted molar refractivity (Wildman–Crippen MR) is 475 cm³/mol. The van der Waals surface area contributed by atoms with Crippen LogP contribution < -0.4 is 4.72 Å². The first-order chi connectivity index (χ1) is 56.2. The van der Waals surface area contributed by atoms with Crippen LogP contribution in [0.2, 0.25) is 0 Å². The van der Waals surface area contributed by atoms with E-state index in [0.29, 0.717) is 97.7 Å². The molecule has 16 nitrogen and oxygen atoms in total. The third kappa shape index (κ3) is 15.3. The third-order valence-corrected chi connectivity index (χ3v) is 40.2. The number of nitrogens with one attached hydrogen (secondary N) is 1.